The average molecular weight is 505 g/mol. The maximum absolute atomic E-state index is 12.8. The first-order valence-corrected chi connectivity index (χ1v) is 14.2. The van der Waals surface area contributed by atoms with Crippen LogP contribution in [0.4, 0.5) is 0 Å². The second-order valence-corrected chi connectivity index (χ2v) is 14.7. The van der Waals surface area contributed by atoms with E-state index in [0.717, 1.165) is 37.7 Å². The van der Waals surface area contributed by atoms with Crippen LogP contribution in [0.25, 0.3) is 0 Å². The first kappa shape index (κ1) is 26.6. The van der Waals surface area contributed by atoms with Crippen molar-refractivity contribution < 1.29 is 30.3 Å². The third-order valence-electron chi connectivity index (χ3n) is 13.6. The van der Waals surface area contributed by atoms with Crippen LogP contribution in [-0.4, -0.2) is 55.9 Å². The zero-order chi connectivity index (χ0) is 26.7. The molecule has 5 aliphatic rings. The largest absolute Gasteiger partial charge is 0.481 e. The van der Waals surface area contributed by atoms with E-state index >= 15 is 0 Å². The monoisotopic (exact) mass is 504 g/mol. The van der Waals surface area contributed by atoms with E-state index in [1.165, 1.54) is 0 Å². The number of aliphatic hydroxyl groups is 4. The van der Waals surface area contributed by atoms with Crippen LogP contribution in [0.3, 0.4) is 0 Å². The molecule has 0 spiro atoms. The third-order valence-corrected chi connectivity index (χ3v) is 13.6. The number of allylic oxidation sites excluding steroid dienone is 1. The predicted molar refractivity (Wildman–Crippen MR) is 137 cm³/mol. The number of hydrogen-bond acceptors (Lipinski definition) is 5. The Morgan fingerprint density at radius 1 is 1.00 bits per heavy atom. The molecule has 0 heterocycles. The molecule has 0 saturated heterocycles. The number of carboxylic acid groups (broad SMARTS) is 1. The SMILES string of the molecule is C[C@H]1CC[C@]2(C(=O)O)CC[C@]3(C)C(=CC[C@H]4[C@@]5(C)C[C@H](O)[C@@H](O)[C@@](C)(CO)[C@H]5CC[C@]43C)[C@@H]2[C@]1(C)O. The van der Waals surface area contributed by atoms with E-state index in [1.54, 1.807) is 0 Å². The molecule has 6 nitrogen and oxygen atoms in total. The molecule has 12 atom stereocenters. The fourth-order valence-corrected chi connectivity index (χ4v) is 11.0. The van der Waals surface area contributed by atoms with Crippen molar-refractivity contribution in [1.82, 2.24) is 0 Å². The Balaban J connectivity index is 1.65. The number of fused-ring (bicyclic) bond motifs is 7. The minimum absolute atomic E-state index is 0.0252. The van der Waals surface area contributed by atoms with Crippen molar-refractivity contribution in [1.29, 1.82) is 0 Å². The highest BCUT2D eigenvalue weighted by atomic mass is 16.4. The summed E-state index contributed by atoms with van der Waals surface area (Å²) in [6, 6.07) is 0. The van der Waals surface area contributed by atoms with Crippen molar-refractivity contribution in [2.45, 2.75) is 111 Å². The lowest BCUT2D eigenvalue weighted by Crippen LogP contribution is -2.69. The number of hydrogen-bond donors (Lipinski definition) is 5. The highest BCUT2D eigenvalue weighted by Crippen LogP contribution is 2.76. The molecule has 0 amide bonds. The van der Waals surface area contributed by atoms with Gasteiger partial charge in [-0.25, -0.2) is 0 Å². The topological polar surface area (TPSA) is 118 Å². The number of aliphatic hydroxyl groups excluding tert-OH is 3. The van der Waals surface area contributed by atoms with E-state index < -0.39 is 40.5 Å². The van der Waals surface area contributed by atoms with Crippen molar-refractivity contribution in [3.63, 3.8) is 0 Å². The number of carboxylic acids is 1. The van der Waals surface area contributed by atoms with Crippen molar-refractivity contribution in [2.24, 2.45) is 50.7 Å². The van der Waals surface area contributed by atoms with Crippen LogP contribution in [0, 0.1) is 50.7 Å². The van der Waals surface area contributed by atoms with Crippen LogP contribution in [0.15, 0.2) is 11.6 Å². The first-order valence-electron chi connectivity index (χ1n) is 14.2. The van der Waals surface area contributed by atoms with Crippen molar-refractivity contribution >= 4 is 5.97 Å². The van der Waals surface area contributed by atoms with E-state index in [1.807, 2.05) is 13.8 Å². The molecule has 4 saturated carbocycles. The molecular formula is C30H48O6. The standard InChI is InChI=1S/C30H48O6/c1-17-9-12-30(24(34)35)14-13-27(4)18(22(30)29(17,6)36)7-8-21-25(2)15-19(32)23(33)26(3,16-31)20(25)10-11-28(21,27)5/h7,17,19-23,31-33,36H,8-16H2,1-6H3,(H,34,35)/t17-,19-,20-,21-,22+,23+,25-,26-,27+,28+,29+,30-/m0/s1. The zero-order valence-electron chi connectivity index (χ0n) is 23.0. The van der Waals surface area contributed by atoms with Gasteiger partial charge in [0.1, 0.15) is 0 Å². The third kappa shape index (κ3) is 2.91. The molecule has 5 rings (SSSR count). The van der Waals surface area contributed by atoms with Crippen molar-refractivity contribution in [3.05, 3.63) is 11.6 Å². The Morgan fingerprint density at radius 3 is 2.28 bits per heavy atom. The average Bonchev–Trinajstić information content (AvgIpc) is 2.80. The lowest BCUT2D eigenvalue weighted by Gasteiger charge is -2.72. The Morgan fingerprint density at radius 2 is 1.67 bits per heavy atom. The normalized spacial score (nSPS) is 58.6. The van der Waals surface area contributed by atoms with E-state index in [4.69, 9.17) is 0 Å². The molecule has 0 aromatic heterocycles. The molecule has 0 aromatic rings. The minimum Gasteiger partial charge on any atom is -0.481 e. The summed E-state index contributed by atoms with van der Waals surface area (Å²) in [7, 11) is 0. The van der Waals surface area contributed by atoms with Crippen LogP contribution < -0.4 is 0 Å². The van der Waals surface area contributed by atoms with Crippen molar-refractivity contribution in [2.75, 3.05) is 6.61 Å². The predicted octanol–water partition coefficient (Wildman–Crippen LogP) is 4.15. The fraction of sp³-hybridized carbons (Fsp3) is 0.900. The summed E-state index contributed by atoms with van der Waals surface area (Å²) in [6.07, 6.45) is 6.20. The maximum atomic E-state index is 12.8. The molecule has 0 unspecified atom stereocenters. The number of carbonyl (C=O) groups is 1. The van der Waals surface area contributed by atoms with E-state index in [-0.39, 0.29) is 40.6 Å². The smallest absolute Gasteiger partial charge is 0.310 e. The summed E-state index contributed by atoms with van der Waals surface area (Å²) in [6.45, 7) is 12.6. The second kappa shape index (κ2) is 7.80. The van der Waals surface area contributed by atoms with Gasteiger partial charge in [0.25, 0.3) is 0 Å². The lowest BCUT2D eigenvalue weighted by molar-refractivity contribution is -0.247. The van der Waals surface area contributed by atoms with Gasteiger partial charge in [0.05, 0.1) is 29.8 Å². The number of rotatable bonds is 2. The molecule has 5 aliphatic carbocycles. The summed E-state index contributed by atoms with van der Waals surface area (Å²) in [5.41, 5.74) is -2.28. The molecule has 0 radical (unpaired) electrons. The van der Waals surface area contributed by atoms with E-state index in [9.17, 15) is 30.3 Å². The van der Waals surface area contributed by atoms with E-state index in [0.29, 0.717) is 19.3 Å². The van der Waals surface area contributed by atoms with Crippen molar-refractivity contribution in [3.8, 4) is 0 Å². The van der Waals surface area contributed by atoms with Gasteiger partial charge in [0, 0.05) is 11.3 Å². The summed E-state index contributed by atoms with van der Waals surface area (Å²) >= 11 is 0. The quantitative estimate of drug-likeness (QED) is 0.361. The van der Waals surface area contributed by atoms with Gasteiger partial charge in [-0.15, -0.1) is 0 Å². The van der Waals surface area contributed by atoms with Gasteiger partial charge in [0.2, 0.25) is 0 Å². The van der Waals surface area contributed by atoms with Gasteiger partial charge in [-0.1, -0.05) is 46.3 Å². The Kier molecular flexibility index (Phi) is 5.77. The van der Waals surface area contributed by atoms with Gasteiger partial charge in [-0.3, -0.25) is 4.79 Å². The first-order chi connectivity index (χ1) is 16.6. The molecule has 204 valence electrons. The molecule has 5 N–H and O–H groups in total. The minimum atomic E-state index is -1.09. The molecule has 4 fully saturated rings. The summed E-state index contributed by atoms with van der Waals surface area (Å²) < 4.78 is 0. The summed E-state index contributed by atoms with van der Waals surface area (Å²) in [5.74, 6) is -0.834. The molecule has 0 bridgehead atoms. The van der Waals surface area contributed by atoms with Gasteiger partial charge < -0.3 is 25.5 Å². The highest BCUT2D eigenvalue weighted by Gasteiger charge is 2.72. The van der Waals surface area contributed by atoms with Crippen LogP contribution in [0.2, 0.25) is 0 Å². The van der Waals surface area contributed by atoms with Gasteiger partial charge in [-0.2, -0.15) is 0 Å². The lowest BCUT2D eigenvalue weighted by atomic mass is 9.33. The zero-order valence-corrected chi connectivity index (χ0v) is 23.0. The Labute approximate surface area is 216 Å². The van der Waals surface area contributed by atoms with Crippen LogP contribution in [0.5, 0.6) is 0 Å². The van der Waals surface area contributed by atoms with Gasteiger partial charge in [0.15, 0.2) is 0 Å². The Bertz CT molecular complexity index is 974. The fourth-order valence-electron chi connectivity index (χ4n) is 11.0. The van der Waals surface area contributed by atoms with Crippen LogP contribution in [0.1, 0.15) is 92.9 Å². The highest BCUT2D eigenvalue weighted by molar-refractivity contribution is 5.77. The number of aliphatic carboxylic acids is 1. The molecule has 6 heteroatoms. The summed E-state index contributed by atoms with van der Waals surface area (Å²) in [4.78, 5) is 12.8. The Hall–Kier alpha value is -0.950. The van der Waals surface area contributed by atoms with Crippen LogP contribution in [-0.2, 0) is 4.79 Å². The molecule has 36 heavy (non-hydrogen) atoms. The molecular weight excluding hydrogens is 456 g/mol. The van der Waals surface area contributed by atoms with Crippen LogP contribution >= 0.6 is 0 Å². The second-order valence-electron chi connectivity index (χ2n) is 14.7. The summed E-state index contributed by atoms with van der Waals surface area (Å²) in [5, 5.41) is 54.8. The van der Waals surface area contributed by atoms with Gasteiger partial charge in [-0.05, 0) is 92.3 Å². The molecule has 0 aliphatic heterocycles. The van der Waals surface area contributed by atoms with Gasteiger partial charge >= 0.3 is 5.97 Å². The van der Waals surface area contributed by atoms with E-state index in [2.05, 4.69) is 33.8 Å². The molecule has 0 aromatic carbocycles. The maximum Gasteiger partial charge on any atom is 0.310 e.